The number of nitrogens with zero attached hydrogens (tertiary/aromatic N) is 1. The average molecular weight is 245 g/mol. The Morgan fingerprint density at radius 3 is 2.45 bits per heavy atom. The molecule has 4 heteroatoms. The van der Waals surface area contributed by atoms with Crippen molar-refractivity contribution in [2.24, 2.45) is 5.16 Å². The quantitative estimate of drug-likeness (QED) is 0.338. The molecule has 0 unspecified atom stereocenters. The number of aromatic hydroxyl groups is 1. The first-order valence-electron chi connectivity index (χ1n) is 2.80. The van der Waals surface area contributed by atoms with E-state index in [0.29, 0.717) is 5.56 Å². The molecular formula is C7H7AgNO2. The molecule has 1 radical (unpaired) electrons. The van der Waals surface area contributed by atoms with Gasteiger partial charge in [0.05, 0.1) is 6.21 Å². The minimum Gasteiger partial charge on any atom is -0.507 e. The van der Waals surface area contributed by atoms with Gasteiger partial charge in [0.15, 0.2) is 0 Å². The molecule has 0 aromatic heterocycles. The van der Waals surface area contributed by atoms with Crippen molar-refractivity contribution < 1.29 is 32.7 Å². The molecule has 0 fully saturated rings. The van der Waals surface area contributed by atoms with E-state index in [4.69, 9.17) is 10.3 Å². The van der Waals surface area contributed by atoms with Crippen molar-refractivity contribution in [1.82, 2.24) is 0 Å². The molecule has 1 aromatic carbocycles. The summed E-state index contributed by atoms with van der Waals surface area (Å²) in [6.45, 7) is 0. The maximum atomic E-state index is 9.04. The summed E-state index contributed by atoms with van der Waals surface area (Å²) in [5.74, 6) is 0.111. The van der Waals surface area contributed by atoms with Crippen molar-refractivity contribution in [3.05, 3.63) is 29.8 Å². The molecule has 0 aliphatic carbocycles. The van der Waals surface area contributed by atoms with Crippen molar-refractivity contribution >= 4 is 6.21 Å². The van der Waals surface area contributed by atoms with E-state index in [1.54, 1.807) is 18.2 Å². The summed E-state index contributed by atoms with van der Waals surface area (Å²) in [6.07, 6.45) is 1.18. The number of rotatable bonds is 1. The van der Waals surface area contributed by atoms with E-state index in [-0.39, 0.29) is 28.1 Å². The summed E-state index contributed by atoms with van der Waals surface area (Å²) in [5, 5.41) is 19.9. The Hall–Kier alpha value is -0.770. The second kappa shape index (κ2) is 4.96. The number of benzene rings is 1. The minimum absolute atomic E-state index is 0. The molecule has 2 N–H and O–H groups in total. The van der Waals surface area contributed by atoms with Gasteiger partial charge in [-0.2, -0.15) is 0 Å². The van der Waals surface area contributed by atoms with Crippen molar-refractivity contribution in [1.29, 1.82) is 0 Å². The first kappa shape index (κ1) is 10.2. The molecule has 0 amide bonds. The number of hydrogen-bond acceptors (Lipinski definition) is 3. The van der Waals surface area contributed by atoms with E-state index in [1.807, 2.05) is 0 Å². The third-order valence-corrected chi connectivity index (χ3v) is 1.13. The van der Waals surface area contributed by atoms with Gasteiger partial charge in [0.25, 0.3) is 0 Å². The van der Waals surface area contributed by atoms with Crippen LogP contribution in [0, 0.1) is 0 Å². The van der Waals surface area contributed by atoms with Crippen LogP contribution < -0.4 is 0 Å². The second-order valence-electron chi connectivity index (χ2n) is 1.80. The first-order chi connectivity index (χ1) is 4.84. The van der Waals surface area contributed by atoms with E-state index in [2.05, 4.69) is 5.16 Å². The van der Waals surface area contributed by atoms with Gasteiger partial charge in [-0.1, -0.05) is 17.3 Å². The third kappa shape index (κ3) is 2.76. The summed E-state index contributed by atoms with van der Waals surface area (Å²) >= 11 is 0. The molecule has 1 aromatic rings. The van der Waals surface area contributed by atoms with Gasteiger partial charge in [0.2, 0.25) is 0 Å². The molecule has 0 heterocycles. The third-order valence-electron chi connectivity index (χ3n) is 1.13. The number of oxime groups is 1. The summed E-state index contributed by atoms with van der Waals surface area (Å²) in [4.78, 5) is 0. The molecule has 0 saturated heterocycles. The van der Waals surface area contributed by atoms with Crippen molar-refractivity contribution in [2.45, 2.75) is 0 Å². The number of phenols is 1. The fourth-order valence-corrected chi connectivity index (χ4v) is 0.659. The van der Waals surface area contributed by atoms with Crippen LogP contribution in [0.2, 0.25) is 0 Å². The average Bonchev–Trinajstić information content (AvgIpc) is 1.94. The van der Waals surface area contributed by atoms with Crippen LogP contribution in [0.25, 0.3) is 0 Å². The van der Waals surface area contributed by atoms with Crippen molar-refractivity contribution in [2.75, 3.05) is 0 Å². The van der Waals surface area contributed by atoms with Crippen LogP contribution in [0.4, 0.5) is 0 Å². The number of hydrogen-bond donors (Lipinski definition) is 2. The smallest absolute Gasteiger partial charge is 0.124 e. The van der Waals surface area contributed by atoms with Crippen LogP contribution in [-0.4, -0.2) is 16.5 Å². The van der Waals surface area contributed by atoms with Gasteiger partial charge in [-0.3, -0.25) is 0 Å². The standard InChI is InChI=1S/C7H7NO2.Ag/c9-7-4-2-1-3-6(7)5-8-10;/h1-5,9-10H;. The summed E-state index contributed by atoms with van der Waals surface area (Å²) in [6, 6.07) is 6.62. The second-order valence-corrected chi connectivity index (χ2v) is 1.80. The summed E-state index contributed by atoms with van der Waals surface area (Å²) < 4.78 is 0. The Labute approximate surface area is 79.9 Å². The number of para-hydroxylation sites is 1. The topological polar surface area (TPSA) is 52.8 Å². The fourth-order valence-electron chi connectivity index (χ4n) is 0.659. The molecule has 0 saturated carbocycles. The van der Waals surface area contributed by atoms with Crippen LogP contribution in [0.1, 0.15) is 5.56 Å². The van der Waals surface area contributed by atoms with E-state index in [9.17, 15) is 0 Å². The molecule has 1 rings (SSSR count). The summed E-state index contributed by atoms with van der Waals surface area (Å²) in [5.41, 5.74) is 0.505. The number of phenolic OH excluding ortho intramolecular Hbond substituents is 1. The van der Waals surface area contributed by atoms with Gasteiger partial charge in [-0.25, -0.2) is 0 Å². The molecule has 63 valence electrons. The molecule has 0 atom stereocenters. The maximum Gasteiger partial charge on any atom is 0.124 e. The summed E-state index contributed by atoms with van der Waals surface area (Å²) in [7, 11) is 0. The van der Waals surface area contributed by atoms with E-state index >= 15 is 0 Å². The van der Waals surface area contributed by atoms with Gasteiger partial charge in [-0.15, -0.1) is 0 Å². The Kier molecular flexibility index (Phi) is 4.61. The van der Waals surface area contributed by atoms with Gasteiger partial charge < -0.3 is 10.3 Å². The minimum atomic E-state index is 0. The SMILES string of the molecule is ON=Cc1ccccc1O.[Ag]. The zero-order valence-corrected chi connectivity index (χ0v) is 7.01. The van der Waals surface area contributed by atoms with Gasteiger partial charge in [0, 0.05) is 27.9 Å². The molecule has 0 aliphatic rings. The Balaban J connectivity index is 0.000001000. The van der Waals surface area contributed by atoms with Crippen LogP contribution in [0.15, 0.2) is 29.4 Å². The van der Waals surface area contributed by atoms with Gasteiger partial charge in [-0.05, 0) is 12.1 Å². The molecule has 0 aliphatic heterocycles. The predicted octanol–water partition coefficient (Wildman–Crippen LogP) is 1.20. The Morgan fingerprint density at radius 1 is 1.27 bits per heavy atom. The van der Waals surface area contributed by atoms with Crippen LogP contribution >= 0.6 is 0 Å². The molecule has 0 spiro atoms. The van der Waals surface area contributed by atoms with Crippen molar-refractivity contribution in [3.63, 3.8) is 0 Å². The predicted molar refractivity (Wildman–Crippen MR) is 37.5 cm³/mol. The fraction of sp³-hybridized carbons (Fsp3) is 0. The monoisotopic (exact) mass is 244 g/mol. The van der Waals surface area contributed by atoms with Crippen LogP contribution in [-0.2, 0) is 22.4 Å². The first-order valence-corrected chi connectivity index (χ1v) is 2.80. The zero-order chi connectivity index (χ0) is 7.40. The zero-order valence-electron chi connectivity index (χ0n) is 5.53. The van der Waals surface area contributed by atoms with E-state index in [0.717, 1.165) is 0 Å². The maximum absolute atomic E-state index is 9.04. The largest absolute Gasteiger partial charge is 0.507 e. The van der Waals surface area contributed by atoms with Crippen LogP contribution in [0.3, 0.4) is 0 Å². The molecular weight excluding hydrogens is 238 g/mol. The van der Waals surface area contributed by atoms with E-state index in [1.165, 1.54) is 12.3 Å². The van der Waals surface area contributed by atoms with Gasteiger partial charge in [0.1, 0.15) is 5.75 Å². The molecule has 0 bridgehead atoms. The van der Waals surface area contributed by atoms with E-state index < -0.39 is 0 Å². The Morgan fingerprint density at radius 2 is 1.91 bits per heavy atom. The normalized spacial score (nSPS) is 9.45. The molecule has 3 nitrogen and oxygen atoms in total. The van der Waals surface area contributed by atoms with Crippen LogP contribution in [0.5, 0.6) is 5.75 Å². The van der Waals surface area contributed by atoms with Gasteiger partial charge >= 0.3 is 0 Å². The van der Waals surface area contributed by atoms with Crippen molar-refractivity contribution in [3.8, 4) is 5.75 Å². The Bertz CT molecular complexity index is 250. The molecule has 11 heavy (non-hydrogen) atoms.